The van der Waals surface area contributed by atoms with E-state index in [1.54, 1.807) is 24.3 Å². The van der Waals surface area contributed by atoms with E-state index in [4.69, 9.17) is 27.9 Å². The molecule has 4 aromatic carbocycles. The molecule has 0 spiro atoms. The van der Waals surface area contributed by atoms with Crippen LogP contribution in [0.5, 0.6) is 5.75 Å². The zero-order valence-electron chi connectivity index (χ0n) is 18.7. The molecule has 5 rings (SSSR count). The van der Waals surface area contributed by atoms with E-state index in [2.05, 4.69) is 15.9 Å². The molecule has 0 atom stereocenters. The van der Waals surface area contributed by atoms with Gasteiger partial charge in [0.1, 0.15) is 12.4 Å². The van der Waals surface area contributed by atoms with Crippen LogP contribution < -0.4 is 4.74 Å². The maximum atomic E-state index is 13.1. The van der Waals surface area contributed by atoms with Crippen molar-refractivity contribution in [1.29, 1.82) is 0 Å². The number of fused-ring (bicyclic) bond motifs is 1. The number of halogens is 3. The second-order valence-corrected chi connectivity index (χ2v) is 10.8. The van der Waals surface area contributed by atoms with Gasteiger partial charge in [0, 0.05) is 15.6 Å². The van der Waals surface area contributed by atoms with Gasteiger partial charge in [0.25, 0.3) is 11.1 Å². The molecular weight excluding hydrogens is 581 g/mol. The molecular formula is C28H18BrCl2NO3S. The highest BCUT2D eigenvalue weighted by Gasteiger charge is 2.35. The van der Waals surface area contributed by atoms with Crippen molar-refractivity contribution in [2.75, 3.05) is 0 Å². The summed E-state index contributed by atoms with van der Waals surface area (Å²) in [6.07, 6.45) is 1.72. The van der Waals surface area contributed by atoms with Gasteiger partial charge in [0.05, 0.1) is 15.9 Å². The van der Waals surface area contributed by atoms with Gasteiger partial charge in [-0.05, 0) is 79.9 Å². The number of imide groups is 1. The van der Waals surface area contributed by atoms with E-state index >= 15 is 0 Å². The Hall–Kier alpha value is -2.77. The predicted octanol–water partition coefficient (Wildman–Crippen LogP) is 8.72. The van der Waals surface area contributed by atoms with Crippen LogP contribution in [-0.2, 0) is 17.9 Å². The average Bonchev–Trinajstić information content (AvgIpc) is 3.12. The normalized spacial score (nSPS) is 14.8. The van der Waals surface area contributed by atoms with E-state index in [9.17, 15) is 9.59 Å². The monoisotopic (exact) mass is 597 g/mol. The number of benzene rings is 4. The lowest BCUT2D eigenvalue weighted by molar-refractivity contribution is -0.123. The van der Waals surface area contributed by atoms with Crippen molar-refractivity contribution in [3.8, 4) is 5.75 Å². The molecule has 0 radical (unpaired) electrons. The Balaban J connectivity index is 1.31. The first-order chi connectivity index (χ1) is 17.4. The van der Waals surface area contributed by atoms with Gasteiger partial charge in [0.15, 0.2) is 0 Å². The van der Waals surface area contributed by atoms with Gasteiger partial charge in [-0.2, -0.15) is 0 Å². The molecule has 4 nitrogen and oxygen atoms in total. The fraction of sp³-hybridized carbons (Fsp3) is 0.0714. The summed E-state index contributed by atoms with van der Waals surface area (Å²) in [7, 11) is 0. The largest absolute Gasteiger partial charge is 0.488 e. The molecule has 1 saturated heterocycles. The third kappa shape index (κ3) is 5.32. The molecule has 0 aliphatic carbocycles. The topological polar surface area (TPSA) is 46.6 Å². The number of rotatable bonds is 6. The molecule has 180 valence electrons. The summed E-state index contributed by atoms with van der Waals surface area (Å²) in [6, 6.07) is 24.6. The summed E-state index contributed by atoms with van der Waals surface area (Å²) in [5.74, 6) is 0.328. The van der Waals surface area contributed by atoms with E-state index in [1.165, 1.54) is 4.90 Å². The Morgan fingerprint density at radius 2 is 1.72 bits per heavy atom. The number of hydrogen-bond acceptors (Lipinski definition) is 4. The molecule has 0 bridgehead atoms. The third-order valence-corrected chi connectivity index (χ3v) is 7.85. The Labute approximate surface area is 231 Å². The van der Waals surface area contributed by atoms with Crippen LogP contribution in [0.25, 0.3) is 16.8 Å². The molecule has 0 unspecified atom stereocenters. The van der Waals surface area contributed by atoms with Gasteiger partial charge in [-0.1, -0.05) is 77.8 Å². The zero-order chi connectivity index (χ0) is 25.2. The summed E-state index contributed by atoms with van der Waals surface area (Å²) in [6.45, 7) is 0.508. The van der Waals surface area contributed by atoms with Crippen molar-refractivity contribution in [3.05, 3.63) is 115 Å². The molecule has 36 heavy (non-hydrogen) atoms. The highest BCUT2D eigenvalue weighted by molar-refractivity contribution is 9.10. The summed E-state index contributed by atoms with van der Waals surface area (Å²) in [5.41, 5.74) is 2.52. The van der Waals surface area contributed by atoms with Crippen LogP contribution in [0, 0.1) is 0 Å². The first-order valence-corrected chi connectivity index (χ1v) is 13.3. The van der Waals surface area contributed by atoms with Gasteiger partial charge in [-0.15, -0.1) is 0 Å². The number of ether oxygens (including phenoxy) is 1. The quantitative estimate of drug-likeness (QED) is 0.208. The lowest BCUT2D eigenvalue weighted by Crippen LogP contribution is -2.27. The van der Waals surface area contributed by atoms with Gasteiger partial charge in [-0.25, -0.2) is 0 Å². The van der Waals surface area contributed by atoms with Gasteiger partial charge < -0.3 is 4.74 Å². The highest BCUT2D eigenvalue weighted by atomic mass is 79.9. The van der Waals surface area contributed by atoms with Crippen LogP contribution in [0.1, 0.15) is 16.7 Å². The van der Waals surface area contributed by atoms with E-state index in [-0.39, 0.29) is 24.3 Å². The van der Waals surface area contributed by atoms with Crippen molar-refractivity contribution in [2.45, 2.75) is 13.2 Å². The lowest BCUT2D eigenvalue weighted by atomic mass is 10.0. The number of nitrogens with zero attached hydrogens (tertiary/aromatic N) is 1. The second kappa shape index (κ2) is 10.7. The van der Waals surface area contributed by atoms with E-state index < -0.39 is 0 Å². The van der Waals surface area contributed by atoms with Crippen molar-refractivity contribution >= 4 is 78.9 Å². The molecule has 0 aromatic heterocycles. The average molecular weight is 599 g/mol. The summed E-state index contributed by atoms with van der Waals surface area (Å²) >= 11 is 16.7. The number of hydrogen-bond donors (Lipinski definition) is 0. The molecule has 0 saturated carbocycles. The lowest BCUT2D eigenvalue weighted by Gasteiger charge is -2.14. The number of amides is 2. The third-order valence-electron chi connectivity index (χ3n) is 5.73. The molecule has 2 amide bonds. The molecule has 1 aliphatic rings. The Kier molecular flexibility index (Phi) is 7.39. The van der Waals surface area contributed by atoms with Crippen molar-refractivity contribution < 1.29 is 14.3 Å². The maximum Gasteiger partial charge on any atom is 0.293 e. The number of carbonyl (C=O) groups is 2. The van der Waals surface area contributed by atoms with Crippen LogP contribution in [0.4, 0.5) is 4.79 Å². The summed E-state index contributed by atoms with van der Waals surface area (Å²) in [5, 5.41) is 2.92. The summed E-state index contributed by atoms with van der Waals surface area (Å²) in [4.78, 5) is 27.5. The minimum Gasteiger partial charge on any atom is -0.488 e. The van der Waals surface area contributed by atoms with Crippen LogP contribution >= 0.6 is 50.9 Å². The summed E-state index contributed by atoms with van der Waals surface area (Å²) < 4.78 is 6.61. The Morgan fingerprint density at radius 3 is 2.53 bits per heavy atom. The fourth-order valence-electron chi connectivity index (χ4n) is 3.91. The van der Waals surface area contributed by atoms with Crippen molar-refractivity contribution in [1.82, 2.24) is 4.90 Å². The molecule has 1 fully saturated rings. The SMILES string of the molecule is O=C1S/C(=C/c2ccc(OCc3ccc(Cl)cc3Cl)c(Br)c2)C(=O)N1Cc1cccc2ccccc12. The first-order valence-electron chi connectivity index (χ1n) is 11.0. The number of thioether (sulfide) groups is 1. The van der Waals surface area contributed by atoms with Gasteiger partial charge in [-0.3, -0.25) is 14.5 Å². The molecule has 1 heterocycles. The van der Waals surface area contributed by atoms with Gasteiger partial charge >= 0.3 is 0 Å². The van der Waals surface area contributed by atoms with Crippen LogP contribution in [-0.4, -0.2) is 16.0 Å². The van der Waals surface area contributed by atoms with E-state index in [0.29, 0.717) is 20.7 Å². The minimum absolute atomic E-state index is 0.229. The Bertz CT molecular complexity index is 1530. The standard InChI is InChI=1S/C28H18BrCl2NO3S/c29-23-12-17(8-11-25(23)35-16-20-9-10-21(30)14-24(20)31)13-26-27(33)32(28(34)36-26)15-19-6-3-5-18-4-1-2-7-22(18)19/h1-14H,15-16H2/b26-13+. The minimum atomic E-state index is -0.299. The smallest absolute Gasteiger partial charge is 0.293 e. The van der Waals surface area contributed by atoms with E-state index in [1.807, 2.05) is 60.7 Å². The highest BCUT2D eigenvalue weighted by Crippen LogP contribution is 2.36. The maximum absolute atomic E-state index is 13.1. The van der Waals surface area contributed by atoms with Crippen molar-refractivity contribution in [3.63, 3.8) is 0 Å². The number of carbonyl (C=O) groups excluding carboxylic acids is 2. The van der Waals surface area contributed by atoms with Crippen LogP contribution in [0.2, 0.25) is 10.0 Å². The first kappa shape index (κ1) is 24.9. The van der Waals surface area contributed by atoms with Gasteiger partial charge in [0.2, 0.25) is 0 Å². The molecule has 1 aliphatic heterocycles. The van der Waals surface area contributed by atoms with Crippen molar-refractivity contribution in [2.24, 2.45) is 0 Å². The molecule has 8 heteroatoms. The predicted molar refractivity (Wildman–Crippen MR) is 150 cm³/mol. The fourth-order valence-corrected chi connectivity index (χ4v) is 5.72. The van der Waals surface area contributed by atoms with E-state index in [0.717, 1.165) is 43.7 Å². The van der Waals surface area contributed by atoms with Crippen LogP contribution in [0.3, 0.4) is 0 Å². The molecule has 4 aromatic rings. The second-order valence-electron chi connectivity index (χ2n) is 8.12. The van der Waals surface area contributed by atoms with Crippen LogP contribution in [0.15, 0.2) is 88.2 Å². The molecule has 0 N–H and O–H groups in total. The zero-order valence-corrected chi connectivity index (χ0v) is 22.6. The Morgan fingerprint density at radius 1 is 0.917 bits per heavy atom.